The normalized spacial score (nSPS) is 10.6. The van der Waals surface area contributed by atoms with Crippen LogP contribution < -0.4 is 11.2 Å². The molecule has 0 aliphatic heterocycles. The smallest absolute Gasteiger partial charge is 0.151 e. The Morgan fingerprint density at radius 3 is 2.39 bits per heavy atom. The molecule has 0 amide bonds. The van der Waals surface area contributed by atoms with E-state index >= 15 is 0 Å². The van der Waals surface area contributed by atoms with Crippen LogP contribution in [-0.4, -0.2) is 7.28 Å². The predicted octanol–water partition coefficient (Wildman–Crippen LogP) is 3.34. The van der Waals surface area contributed by atoms with Gasteiger partial charge in [0.05, 0.1) is 0 Å². The van der Waals surface area contributed by atoms with Crippen molar-refractivity contribution in [2.24, 2.45) is 5.92 Å². The van der Waals surface area contributed by atoms with Crippen LogP contribution >= 0.6 is 0 Å². The molecule has 2 heteroatoms. The summed E-state index contributed by atoms with van der Waals surface area (Å²) in [6, 6.07) is 16.6. The van der Waals surface area contributed by atoms with Crippen molar-refractivity contribution >= 4 is 18.4 Å². The van der Waals surface area contributed by atoms with Crippen molar-refractivity contribution in [1.82, 2.24) is 0 Å². The summed E-state index contributed by atoms with van der Waals surface area (Å²) in [7, 11) is 2.25. The van der Waals surface area contributed by atoms with E-state index in [-0.39, 0.29) is 0 Å². The third kappa shape index (κ3) is 3.16. The fourth-order valence-electron chi connectivity index (χ4n) is 1.96. The minimum absolute atomic E-state index is 0.681. The number of nitrogen functional groups attached to an aromatic ring is 1. The van der Waals surface area contributed by atoms with Gasteiger partial charge in [-0.2, -0.15) is 0 Å². The highest BCUT2D eigenvalue weighted by atomic mass is 14.6. The number of rotatable bonds is 4. The van der Waals surface area contributed by atoms with Crippen LogP contribution in [-0.2, 0) is 0 Å². The monoisotopic (exact) mass is 236 g/mol. The van der Waals surface area contributed by atoms with Gasteiger partial charge in [0.1, 0.15) is 0 Å². The SMILES string of the molecule is CC(C)C[B]c1ccc(-c2ccccc2)c(N)c1. The summed E-state index contributed by atoms with van der Waals surface area (Å²) >= 11 is 0. The average molecular weight is 236 g/mol. The highest BCUT2D eigenvalue weighted by molar-refractivity contribution is 6.53. The largest absolute Gasteiger partial charge is 0.398 e. The Bertz CT molecular complexity index is 506. The molecule has 2 N–H and O–H groups in total. The van der Waals surface area contributed by atoms with E-state index in [0.717, 1.165) is 17.6 Å². The summed E-state index contributed by atoms with van der Waals surface area (Å²) < 4.78 is 0. The third-order valence-corrected chi connectivity index (χ3v) is 2.99. The maximum atomic E-state index is 6.14. The Balaban J connectivity index is 2.20. The molecule has 0 heterocycles. The lowest BCUT2D eigenvalue weighted by molar-refractivity contribution is 0.732. The summed E-state index contributed by atoms with van der Waals surface area (Å²) in [6.45, 7) is 4.44. The molecule has 2 aromatic carbocycles. The lowest BCUT2D eigenvalue weighted by atomic mass is 9.64. The van der Waals surface area contributed by atoms with Gasteiger partial charge in [-0.3, -0.25) is 0 Å². The molecule has 0 aliphatic carbocycles. The molecule has 0 unspecified atom stereocenters. The quantitative estimate of drug-likeness (QED) is 0.639. The van der Waals surface area contributed by atoms with Crippen LogP contribution in [0.25, 0.3) is 11.1 Å². The summed E-state index contributed by atoms with van der Waals surface area (Å²) in [5.74, 6) is 0.681. The van der Waals surface area contributed by atoms with Crippen molar-refractivity contribution in [3.05, 3.63) is 48.5 Å². The van der Waals surface area contributed by atoms with E-state index < -0.39 is 0 Å². The number of anilines is 1. The Morgan fingerprint density at radius 1 is 1.06 bits per heavy atom. The summed E-state index contributed by atoms with van der Waals surface area (Å²) in [6.07, 6.45) is 1.09. The molecule has 91 valence electrons. The highest BCUT2D eigenvalue weighted by Gasteiger charge is 2.04. The zero-order valence-corrected chi connectivity index (χ0v) is 11.1. The van der Waals surface area contributed by atoms with E-state index in [4.69, 9.17) is 5.73 Å². The first-order chi connectivity index (χ1) is 8.66. The fraction of sp³-hybridized carbons (Fsp3) is 0.250. The summed E-state index contributed by atoms with van der Waals surface area (Å²) in [5, 5.41) is 0. The summed E-state index contributed by atoms with van der Waals surface area (Å²) in [4.78, 5) is 0. The highest BCUT2D eigenvalue weighted by Crippen LogP contribution is 2.24. The Labute approximate surface area is 110 Å². The summed E-state index contributed by atoms with van der Waals surface area (Å²) in [5.41, 5.74) is 10.5. The minimum Gasteiger partial charge on any atom is -0.398 e. The Kier molecular flexibility index (Phi) is 4.09. The van der Waals surface area contributed by atoms with Gasteiger partial charge in [-0.1, -0.05) is 74.0 Å². The molecule has 2 aromatic rings. The van der Waals surface area contributed by atoms with Crippen LogP contribution in [0.5, 0.6) is 0 Å². The van der Waals surface area contributed by atoms with Crippen molar-refractivity contribution in [3.63, 3.8) is 0 Å². The van der Waals surface area contributed by atoms with E-state index in [1.807, 2.05) is 18.2 Å². The molecular formula is C16H19BN. The van der Waals surface area contributed by atoms with Crippen molar-refractivity contribution in [2.75, 3.05) is 5.73 Å². The van der Waals surface area contributed by atoms with Gasteiger partial charge >= 0.3 is 0 Å². The fourth-order valence-corrected chi connectivity index (χ4v) is 1.96. The molecule has 0 saturated heterocycles. The molecule has 1 nitrogen and oxygen atoms in total. The molecule has 0 bridgehead atoms. The second-order valence-electron chi connectivity index (χ2n) is 5.05. The minimum atomic E-state index is 0.681. The van der Waals surface area contributed by atoms with Crippen molar-refractivity contribution in [2.45, 2.75) is 20.2 Å². The molecule has 0 spiro atoms. The average Bonchev–Trinajstić information content (AvgIpc) is 2.37. The van der Waals surface area contributed by atoms with Gasteiger partial charge in [0, 0.05) is 11.3 Å². The van der Waals surface area contributed by atoms with Gasteiger partial charge in [0.15, 0.2) is 7.28 Å². The Hall–Kier alpha value is -1.70. The van der Waals surface area contributed by atoms with Crippen LogP contribution in [0.1, 0.15) is 13.8 Å². The van der Waals surface area contributed by atoms with Crippen LogP contribution in [0.2, 0.25) is 6.32 Å². The van der Waals surface area contributed by atoms with E-state index in [0.29, 0.717) is 5.92 Å². The van der Waals surface area contributed by atoms with Crippen LogP contribution in [0.3, 0.4) is 0 Å². The lowest BCUT2D eigenvalue weighted by Gasteiger charge is -2.09. The van der Waals surface area contributed by atoms with E-state index in [1.54, 1.807) is 0 Å². The zero-order valence-electron chi connectivity index (χ0n) is 11.1. The predicted molar refractivity (Wildman–Crippen MR) is 81.3 cm³/mol. The second kappa shape index (κ2) is 5.77. The lowest BCUT2D eigenvalue weighted by Crippen LogP contribution is -2.16. The number of benzene rings is 2. The second-order valence-corrected chi connectivity index (χ2v) is 5.05. The van der Waals surface area contributed by atoms with Crippen LogP contribution in [0, 0.1) is 5.92 Å². The molecule has 18 heavy (non-hydrogen) atoms. The third-order valence-electron chi connectivity index (χ3n) is 2.99. The topological polar surface area (TPSA) is 26.0 Å². The standard InChI is InChI=1S/C16H19BN/c1-12(2)11-17-14-8-9-15(16(18)10-14)13-6-4-3-5-7-13/h3-10,12H,11,18H2,1-2H3. The van der Waals surface area contributed by atoms with Crippen molar-refractivity contribution < 1.29 is 0 Å². The van der Waals surface area contributed by atoms with E-state index in [2.05, 4.69) is 51.5 Å². The van der Waals surface area contributed by atoms with Gasteiger partial charge in [-0.15, -0.1) is 0 Å². The zero-order chi connectivity index (χ0) is 13.0. The number of nitrogens with two attached hydrogens (primary N) is 1. The van der Waals surface area contributed by atoms with E-state index in [1.165, 1.54) is 11.0 Å². The molecular weight excluding hydrogens is 217 g/mol. The molecule has 0 atom stereocenters. The van der Waals surface area contributed by atoms with Crippen LogP contribution in [0.15, 0.2) is 48.5 Å². The molecule has 0 aromatic heterocycles. The van der Waals surface area contributed by atoms with Gasteiger partial charge < -0.3 is 5.73 Å². The van der Waals surface area contributed by atoms with E-state index in [9.17, 15) is 0 Å². The van der Waals surface area contributed by atoms with Gasteiger partial charge in [-0.25, -0.2) is 0 Å². The molecule has 2 rings (SSSR count). The van der Waals surface area contributed by atoms with Gasteiger partial charge in [0.25, 0.3) is 0 Å². The molecule has 0 saturated carbocycles. The number of hydrogen-bond acceptors (Lipinski definition) is 1. The molecule has 0 aliphatic rings. The molecule has 0 fully saturated rings. The first kappa shape index (κ1) is 12.8. The van der Waals surface area contributed by atoms with Crippen LogP contribution in [0.4, 0.5) is 5.69 Å². The number of hydrogen-bond donors (Lipinski definition) is 1. The van der Waals surface area contributed by atoms with Gasteiger partial charge in [0.2, 0.25) is 0 Å². The maximum Gasteiger partial charge on any atom is 0.151 e. The molecule has 1 radical (unpaired) electrons. The van der Waals surface area contributed by atoms with Gasteiger partial charge in [-0.05, 0) is 11.6 Å². The Morgan fingerprint density at radius 2 is 1.78 bits per heavy atom. The first-order valence-electron chi connectivity index (χ1n) is 6.45. The van der Waals surface area contributed by atoms with Crippen molar-refractivity contribution in [1.29, 1.82) is 0 Å². The maximum absolute atomic E-state index is 6.14. The first-order valence-corrected chi connectivity index (χ1v) is 6.45. The van der Waals surface area contributed by atoms with Crippen molar-refractivity contribution in [3.8, 4) is 11.1 Å².